The fraction of sp³-hybridized carbons (Fsp3) is 0.364. The minimum atomic E-state index is -5.03. The van der Waals surface area contributed by atoms with Gasteiger partial charge in [-0.3, -0.25) is 4.79 Å². The van der Waals surface area contributed by atoms with Crippen LogP contribution >= 0.6 is 0 Å². The summed E-state index contributed by atoms with van der Waals surface area (Å²) in [4.78, 5) is 10.8. The van der Waals surface area contributed by atoms with E-state index in [1.54, 1.807) is 5.32 Å². The van der Waals surface area contributed by atoms with Crippen molar-refractivity contribution in [2.24, 2.45) is 0 Å². The van der Waals surface area contributed by atoms with Gasteiger partial charge in [0.2, 0.25) is 0 Å². The van der Waals surface area contributed by atoms with E-state index in [4.69, 9.17) is 0 Å². The molecule has 3 nitrogen and oxygen atoms in total. The minimum Gasteiger partial charge on any atom is -0.388 e. The van der Waals surface area contributed by atoms with E-state index in [0.29, 0.717) is 0 Å². The standard InChI is InChI=1S/C11H9F4NO2/c12-6-3-1-2-5-8(17)4-7(9(5)6)16-10(18)11(13,14)15/h1-3,7-8,17H,4H2,(H,16,18)/t7-,8?/m0/s1. The monoisotopic (exact) mass is 263 g/mol. The van der Waals surface area contributed by atoms with Crippen LogP contribution in [0.1, 0.15) is 29.7 Å². The molecule has 0 spiro atoms. The lowest BCUT2D eigenvalue weighted by Gasteiger charge is -2.15. The van der Waals surface area contributed by atoms with Gasteiger partial charge in [-0.1, -0.05) is 12.1 Å². The second-order valence-electron chi connectivity index (χ2n) is 4.02. The van der Waals surface area contributed by atoms with Crippen LogP contribution in [0.2, 0.25) is 0 Å². The first-order chi connectivity index (χ1) is 8.30. The molecule has 7 heteroatoms. The molecule has 98 valence electrons. The van der Waals surface area contributed by atoms with E-state index in [1.807, 2.05) is 0 Å². The van der Waals surface area contributed by atoms with Crippen molar-refractivity contribution in [2.75, 3.05) is 0 Å². The fourth-order valence-corrected chi connectivity index (χ4v) is 2.05. The first-order valence-electron chi connectivity index (χ1n) is 5.14. The molecule has 0 heterocycles. The van der Waals surface area contributed by atoms with E-state index in [9.17, 15) is 27.5 Å². The van der Waals surface area contributed by atoms with Crippen molar-refractivity contribution < 1.29 is 27.5 Å². The zero-order valence-corrected chi connectivity index (χ0v) is 8.96. The molecule has 2 atom stereocenters. The van der Waals surface area contributed by atoms with Crippen LogP contribution in [0.4, 0.5) is 17.6 Å². The Morgan fingerprint density at radius 3 is 2.67 bits per heavy atom. The lowest BCUT2D eigenvalue weighted by atomic mass is 10.1. The quantitative estimate of drug-likeness (QED) is 0.761. The van der Waals surface area contributed by atoms with Gasteiger partial charge in [0.1, 0.15) is 5.82 Å². The van der Waals surface area contributed by atoms with Gasteiger partial charge in [0, 0.05) is 12.0 Å². The number of aliphatic hydroxyl groups excluding tert-OH is 1. The Kier molecular flexibility index (Phi) is 3.02. The zero-order valence-electron chi connectivity index (χ0n) is 8.96. The Balaban J connectivity index is 2.27. The summed E-state index contributed by atoms with van der Waals surface area (Å²) in [5, 5.41) is 11.3. The molecule has 1 amide bonds. The van der Waals surface area contributed by atoms with Crippen LogP contribution in [-0.2, 0) is 4.79 Å². The first kappa shape index (κ1) is 12.8. The van der Waals surface area contributed by atoms with E-state index in [1.165, 1.54) is 12.1 Å². The molecule has 0 bridgehead atoms. The van der Waals surface area contributed by atoms with Crippen molar-refractivity contribution in [3.8, 4) is 0 Å². The third-order valence-electron chi connectivity index (χ3n) is 2.82. The lowest BCUT2D eigenvalue weighted by molar-refractivity contribution is -0.174. The van der Waals surface area contributed by atoms with Crippen LogP contribution in [0.5, 0.6) is 0 Å². The molecule has 18 heavy (non-hydrogen) atoms. The van der Waals surface area contributed by atoms with Crippen LogP contribution in [0, 0.1) is 5.82 Å². The van der Waals surface area contributed by atoms with E-state index in [2.05, 4.69) is 0 Å². The van der Waals surface area contributed by atoms with Gasteiger partial charge in [0.25, 0.3) is 0 Å². The lowest BCUT2D eigenvalue weighted by Crippen LogP contribution is -2.38. The third kappa shape index (κ3) is 2.17. The summed E-state index contributed by atoms with van der Waals surface area (Å²) in [6, 6.07) is 2.68. The molecule has 0 aliphatic heterocycles. The Labute approximate surface area is 99.4 Å². The highest BCUT2D eigenvalue weighted by molar-refractivity contribution is 5.82. The number of alkyl halides is 3. The number of hydrogen-bond donors (Lipinski definition) is 2. The topological polar surface area (TPSA) is 49.3 Å². The van der Waals surface area contributed by atoms with E-state index in [0.717, 1.165) is 6.07 Å². The molecule has 1 aliphatic carbocycles. The van der Waals surface area contributed by atoms with Gasteiger partial charge in [-0.25, -0.2) is 4.39 Å². The molecule has 1 unspecified atom stereocenters. The maximum atomic E-state index is 13.5. The molecule has 1 aromatic carbocycles. The van der Waals surface area contributed by atoms with E-state index in [-0.39, 0.29) is 17.5 Å². The Morgan fingerprint density at radius 2 is 2.06 bits per heavy atom. The van der Waals surface area contributed by atoms with Crippen LogP contribution in [-0.4, -0.2) is 17.2 Å². The highest BCUT2D eigenvalue weighted by atomic mass is 19.4. The number of nitrogens with one attached hydrogen (secondary N) is 1. The van der Waals surface area contributed by atoms with Crippen LogP contribution < -0.4 is 5.32 Å². The SMILES string of the molecule is O=C(N[C@H]1CC(O)c2cccc(F)c21)C(F)(F)F. The molecular formula is C11H9F4NO2. The van der Waals surface area contributed by atoms with Crippen molar-refractivity contribution in [1.82, 2.24) is 5.32 Å². The van der Waals surface area contributed by atoms with E-state index < -0.39 is 30.0 Å². The second-order valence-corrected chi connectivity index (χ2v) is 4.02. The normalized spacial score (nSPS) is 22.7. The molecule has 2 N–H and O–H groups in total. The second kappa shape index (κ2) is 4.24. The summed E-state index contributed by atoms with van der Waals surface area (Å²) in [5.74, 6) is -2.88. The zero-order chi connectivity index (χ0) is 13.5. The summed E-state index contributed by atoms with van der Waals surface area (Å²) >= 11 is 0. The molecular weight excluding hydrogens is 254 g/mol. The van der Waals surface area contributed by atoms with E-state index >= 15 is 0 Å². The van der Waals surface area contributed by atoms with Gasteiger partial charge in [0.15, 0.2) is 0 Å². The van der Waals surface area contributed by atoms with Crippen molar-refractivity contribution in [3.05, 3.63) is 35.1 Å². The van der Waals surface area contributed by atoms with Crippen LogP contribution in [0.25, 0.3) is 0 Å². The first-order valence-corrected chi connectivity index (χ1v) is 5.14. The number of carbonyl (C=O) groups excluding carboxylic acids is 1. The van der Waals surface area contributed by atoms with Crippen LogP contribution in [0.15, 0.2) is 18.2 Å². The number of rotatable bonds is 1. The highest BCUT2D eigenvalue weighted by Gasteiger charge is 2.42. The molecule has 0 fully saturated rings. The van der Waals surface area contributed by atoms with Gasteiger partial charge < -0.3 is 10.4 Å². The average Bonchev–Trinajstić information content (AvgIpc) is 2.56. The maximum Gasteiger partial charge on any atom is 0.471 e. The predicted octanol–water partition coefficient (Wildman–Crippen LogP) is 1.98. The van der Waals surface area contributed by atoms with Crippen molar-refractivity contribution in [3.63, 3.8) is 0 Å². The summed E-state index contributed by atoms with van der Waals surface area (Å²) in [5.41, 5.74) is 0.130. The van der Waals surface area contributed by atoms with Gasteiger partial charge in [-0.05, 0) is 11.6 Å². The number of halogens is 4. The van der Waals surface area contributed by atoms with Gasteiger partial charge >= 0.3 is 12.1 Å². The van der Waals surface area contributed by atoms with Gasteiger partial charge in [-0.15, -0.1) is 0 Å². The molecule has 0 radical (unpaired) electrons. The smallest absolute Gasteiger partial charge is 0.388 e. The molecule has 0 saturated carbocycles. The summed E-state index contributed by atoms with van der Waals surface area (Å²) < 4.78 is 49.8. The number of benzene rings is 1. The Morgan fingerprint density at radius 1 is 1.39 bits per heavy atom. The number of amides is 1. The Bertz CT molecular complexity index is 486. The number of aliphatic hydroxyl groups is 1. The van der Waals surface area contributed by atoms with Gasteiger partial charge in [0.05, 0.1) is 12.1 Å². The summed E-state index contributed by atoms with van der Waals surface area (Å²) in [7, 11) is 0. The fourth-order valence-electron chi connectivity index (χ4n) is 2.05. The molecule has 1 aromatic rings. The molecule has 1 aliphatic rings. The molecule has 2 rings (SSSR count). The largest absolute Gasteiger partial charge is 0.471 e. The van der Waals surface area contributed by atoms with Gasteiger partial charge in [-0.2, -0.15) is 13.2 Å². The number of fused-ring (bicyclic) bond motifs is 1. The van der Waals surface area contributed by atoms with Crippen LogP contribution in [0.3, 0.4) is 0 Å². The minimum absolute atomic E-state index is 0.0809. The molecule has 0 saturated heterocycles. The Hall–Kier alpha value is -1.63. The number of hydrogen-bond acceptors (Lipinski definition) is 2. The van der Waals surface area contributed by atoms with Crippen molar-refractivity contribution in [1.29, 1.82) is 0 Å². The maximum absolute atomic E-state index is 13.5. The highest BCUT2D eigenvalue weighted by Crippen LogP contribution is 2.40. The molecule has 0 aromatic heterocycles. The van der Waals surface area contributed by atoms with Crippen molar-refractivity contribution >= 4 is 5.91 Å². The summed E-state index contributed by atoms with van der Waals surface area (Å²) in [6.45, 7) is 0. The third-order valence-corrected chi connectivity index (χ3v) is 2.82. The predicted molar refractivity (Wildman–Crippen MR) is 52.9 cm³/mol. The number of carbonyl (C=O) groups is 1. The summed E-state index contributed by atoms with van der Waals surface area (Å²) in [6.07, 6.45) is -6.27. The average molecular weight is 263 g/mol. The van der Waals surface area contributed by atoms with Crippen molar-refractivity contribution in [2.45, 2.75) is 24.7 Å².